The predicted octanol–water partition coefficient (Wildman–Crippen LogP) is -0.678. The Morgan fingerprint density at radius 3 is 2.44 bits per heavy atom. The number of carbonyl (C=O) groups is 2. The van der Waals surface area contributed by atoms with Crippen LogP contribution in [0.1, 0.15) is 20.3 Å². The topological polar surface area (TPSA) is 75.4 Å². The molecule has 90 valence electrons. The smallest absolute Gasteiger partial charge is 0.241 e. The number of likely N-dealkylation sites (N-methyl/N-ethyl adjacent to an activating group) is 1. The molecule has 0 fully saturated rings. The molecular weight excluding hydrogens is 206 g/mol. The molecule has 0 saturated heterocycles. The maximum atomic E-state index is 11.5. The number of carbonyl (C=O) groups excluding carboxylic acids is 2. The lowest BCUT2D eigenvalue weighted by atomic mass is 10.2. The van der Waals surface area contributed by atoms with Crippen LogP contribution in [0, 0.1) is 12.3 Å². The van der Waals surface area contributed by atoms with E-state index in [0.717, 1.165) is 0 Å². The van der Waals surface area contributed by atoms with Crippen molar-refractivity contribution in [3.05, 3.63) is 0 Å². The Balaban J connectivity index is 4.01. The van der Waals surface area contributed by atoms with Gasteiger partial charge in [-0.3, -0.25) is 9.59 Å². The number of nitrogens with zero attached hydrogens (tertiary/aromatic N) is 1. The van der Waals surface area contributed by atoms with Crippen LogP contribution in [0.25, 0.3) is 0 Å². The molecule has 3 N–H and O–H groups in total. The summed E-state index contributed by atoms with van der Waals surface area (Å²) in [5, 5.41) is 2.47. The number of amides is 2. The van der Waals surface area contributed by atoms with Crippen LogP contribution in [0.2, 0.25) is 0 Å². The Hall–Kier alpha value is -1.54. The highest BCUT2D eigenvalue weighted by Crippen LogP contribution is 1.89. The molecule has 5 nitrogen and oxygen atoms in total. The second-order valence-corrected chi connectivity index (χ2v) is 3.30. The normalized spacial score (nSPS) is 11.4. The van der Waals surface area contributed by atoms with E-state index in [0.29, 0.717) is 13.1 Å². The summed E-state index contributed by atoms with van der Waals surface area (Å²) in [7, 11) is 0. The zero-order valence-electron chi connectivity index (χ0n) is 9.82. The van der Waals surface area contributed by atoms with Crippen LogP contribution in [-0.4, -0.2) is 42.4 Å². The van der Waals surface area contributed by atoms with Crippen LogP contribution in [0.15, 0.2) is 0 Å². The van der Waals surface area contributed by atoms with Crippen LogP contribution >= 0.6 is 0 Å². The molecular formula is C11H19N3O2. The summed E-state index contributed by atoms with van der Waals surface area (Å²) in [6.07, 6.45) is 5.20. The molecule has 0 bridgehead atoms. The first-order valence-corrected chi connectivity index (χ1v) is 5.31. The van der Waals surface area contributed by atoms with Crippen molar-refractivity contribution in [2.75, 3.05) is 19.6 Å². The lowest BCUT2D eigenvalue weighted by molar-refractivity contribution is -0.132. The van der Waals surface area contributed by atoms with Crippen molar-refractivity contribution < 1.29 is 9.59 Å². The fraction of sp³-hybridized carbons (Fsp3) is 0.636. The molecule has 0 radical (unpaired) electrons. The van der Waals surface area contributed by atoms with E-state index in [2.05, 4.69) is 11.2 Å². The molecule has 0 aromatic heterocycles. The van der Waals surface area contributed by atoms with Gasteiger partial charge in [0.2, 0.25) is 11.8 Å². The summed E-state index contributed by atoms with van der Waals surface area (Å²) >= 11 is 0. The first-order valence-electron chi connectivity index (χ1n) is 5.31. The van der Waals surface area contributed by atoms with Gasteiger partial charge in [-0.25, -0.2) is 0 Å². The molecule has 0 aromatic rings. The van der Waals surface area contributed by atoms with Crippen molar-refractivity contribution in [3.8, 4) is 12.3 Å². The zero-order chi connectivity index (χ0) is 12.6. The van der Waals surface area contributed by atoms with E-state index in [4.69, 9.17) is 12.2 Å². The summed E-state index contributed by atoms with van der Waals surface area (Å²) in [6, 6.07) is -0.741. The Labute approximate surface area is 96.4 Å². The fourth-order valence-corrected chi connectivity index (χ4v) is 1.20. The minimum Gasteiger partial charge on any atom is -0.346 e. The highest BCUT2D eigenvalue weighted by atomic mass is 16.2. The van der Waals surface area contributed by atoms with E-state index in [1.807, 2.05) is 13.8 Å². The second-order valence-electron chi connectivity index (χ2n) is 3.30. The highest BCUT2D eigenvalue weighted by molar-refractivity contribution is 5.87. The molecule has 0 rings (SSSR count). The Bertz CT molecular complexity index is 279. The first-order chi connectivity index (χ1) is 7.56. The number of hydrogen-bond acceptors (Lipinski definition) is 3. The van der Waals surface area contributed by atoms with Gasteiger partial charge in [0.1, 0.15) is 0 Å². The van der Waals surface area contributed by atoms with Gasteiger partial charge >= 0.3 is 0 Å². The van der Waals surface area contributed by atoms with E-state index in [1.165, 1.54) is 0 Å². The standard InChI is InChI=1S/C11H19N3O2/c1-4-7-9(12)11(16)13-8-10(15)14(5-2)6-3/h1,9H,5-8,12H2,2-3H3,(H,13,16). The molecule has 1 atom stereocenters. The number of hydrogen-bond donors (Lipinski definition) is 2. The minimum absolute atomic E-state index is 0.0290. The van der Waals surface area contributed by atoms with Gasteiger partial charge in [-0.05, 0) is 13.8 Å². The summed E-state index contributed by atoms with van der Waals surface area (Å²) in [6.45, 7) is 4.99. The van der Waals surface area contributed by atoms with Crippen molar-refractivity contribution in [2.24, 2.45) is 5.73 Å². The summed E-state index contributed by atoms with van der Waals surface area (Å²) in [4.78, 5) is 24.5. The molecule has 0 saturated carbocycles. The monoisotopic (exact) mass is 225 g/mol. The maximum absolute atomic E-state index is 11.5. The SMILES string of the molecule is C#CCC(N)C(=O)NCC(=O)N(CC)CC. The predicted molar refractivity (Wildman–Crippen MR) is 62.4 cm³/mol. The molecule has 0 aliphatic rings. The summed E-state index contributed by atoms with van der Waals surface area (Å²) in [5.41, 5.74) is 5.48. The number of nitrogens with one attached hydrogen (secondary N) is 1. The summed E-state index contributed by atoms with van der Waals surface area (Å²) < 4.78 is 0. The van der Waals surface area contributed by atoms with E-state index >= 15 is 0 Å². The molecule has 5 heteroatoms. The molecule has 16 heavy (non-hydrogen) atoms. The largest absolute Gasteiger partial charge is 0.346 e. The van der Waals surface area contributed by atoms with Gasteiger partial charge in [0.15, 0.2) is 0 Å². The number of terminal acetylenes is 1. The van der Waals surface area contributed by atoms with Crippen LogP contribution in [0.3, 0.4) is 0 Å². The molecule has 1 unspecified atom stereocenters. The second kappa shape index (κ2) is 7.71. The molecule has 0 spiro atoms. The van der Waals surface area contributed by atoms with Crippen molar-refractivity contribution in [1.82, 2.24) is 10.2 Å². The highest BCUT2D eigenvalue weighted by Gasteiger charge is 2.15. The van der Waals surface area contributed by atoms with Crippen LogP contribution in [0.5, 0.6) is 0 Å². The van der Waals surface area contributed by atoms with Crippen molar-refractivity contribution in [2.45, 2.75) is 26.3 Å². The molecule has 0 heterocycles. The molecule has 2 amide bonds. The minimum atomic E-state index is -0.741. The Morgan fingerprint density at radius 2 is 2.00 bits per heavy atom. The lowest BCUT2D eigenvalue weighted by Crippen LogP contribution is -2.45. The fourth-order valence-electron chi connectivity index (χ4n) is 1.20. The zero-order valence-corrected chi connectivity index (χ0v) is 9.82. The average Bonchev–Trinajstić information content (AvgIpc) is 2.27. The van der Waals surface area contributed by atoms with E-state index < -0.39 is 11.9 Å². The molecule has 0 aromatic carbocycles. The van der Waals surface area contributed by atoms with Gasteiger partial charge in [-0.15, -0.1) is 12.3 Å². The van der Waals surface area contributed by atoms with Gasteiger partial charge in [-0.1, -0.05) is 0 Å². The molecule has 0 aliphatic carbocycles. The van der Waals surface area contributed by atoms with Gasteiger partial charge in [0, 0.05) is 19.5 Å². The lowest BCUT2D eigenvalue weighted by Gasteiger charge is -2.19. The first kappa shape index (κ1) is 14.5. The Morgan fingerprint density at radius 1 is 1.44 bits per heavy atom. The number of rotatable bonds is 6. The third-order valence-electron chi connectivity index (χ3n) is 2.20. The third kappa shape index (κ3) is 4.80. The quantitative estimate of drug-likeness (QED) is 0.588. The maximum Gasteiger partial charge on any atom is 0.241 e. The van der Waals surface area contributed by atoms with Crippen molar-refractivity contribution in [1.29, 1.82) is 0 Å². The third-order valence-corrected chi connectivity index (χ3v) is 2.20. The van der Waals surface area contributed by atoms with E-state index in [1.54, 1.807) is 4.90 Å². The van der Waals surface area contributed by atoms with Crippen molar-refractivity contribution >= 4 is 11.8 Å². The van der Waals surface area contributed by atoms with Crippen LogP contribution in [-0.2, 0) is 9.59 Å². The van der Waals surface area contributed by atoms with Gasteiger partial charge in [0.05, 0.1) is 12.6 Å². The average molecular weight is 225 g/mol. The van der Waals surface area contributed by atoms with Crippen LogP contribution < -0.4 is 11.1 Å². The molecule has 0 aliphatic heterocycles. The number of nitrogens with two attached hydrogens (primary N) is 1. The van der Waals surface area contributed by atoms with Crippen LogP contribution in [0.4, 0.5) is 0 Å². The summed E-state index contributed by atoms with van der Waals surface area (Å²) in [5.74, 6) is 1.79. The Kier molecular flexibility index (Phi) is 6.97. The van der Waals surface area contributed by atoms with Crippen molar-refractivity contribution in [3.63, 3.8) is 0 Å². The van der Waals surface area contributed by atoms with E-state index in [-0.39, 0.29) is 18.9 Å². The van der Waals surface area contributed by atoms with Gasteiger partial charge in [0.25, 0.3) is 0 Å². The van der Waals surface area contributed by atoms with E-state index in [9.17, 15) is 9.59 Å². The van der Waals surface area contributed by atoms with Gasteiger partial charge < -0.3 is 16.0 Å². The van der Waals surface area contributed by atoms with Gasteiger partial charge in [-0.2, -0.15) is 0 Å².